The summed E-state index contributed by atoms with van der Waals surface area (Å²) in [4.78, 5) is 0. The fourth-order valence-corrected chi connectivity index (χ4v) is 4.10. The van der Waals surface area contributed by atoms with E-state index in [-0.39, 0.29) is 6.04 Å². The Hall–Kier alpha value is -1.16. The van der Waals surface area contributed by atoms with Crippen LogP contribution in [0.2, 0.25) is 0 Å². The van der Waals surface area contributed by atoms with Crippen molar-refractivity contribution in [1.82, 2.24) is 5.43 Å². The monoisotopic (exact) mass is 282 g/mol. The van der Waals surface area contributed by atoms with Gasteiger partial charge in [-0.1, -0.05) is 30.3 Å². The van der Waals surface area contributed by atoms with Crippen LogP contribution in [0.15, 0.2) is 35.4 Å². The fourth-order valence-electron chi connectivity index (χ4n) is 2.13. The van der Waals surface area contributed by atoms with Gasteiger partial charge >= 0.3 is 7.60 Å². The molecule has 0 aliphatic carbocycles. The molecular formula is C13H19N2O3P. The van der Waals surface area contributed by atoms with Crippen LogP contribution in [-0.4, -0.2) is 25.1 Å². The molecule has 0 spiro atoms. The van der Waals surface area contributed by atoms with Gasteiger partial charge in [0, 0.05) is 6.21 Å². The summed E-state index contributed by atoms with van der Waals surface area (Å²) in [6, 6.07) is 9.60. The number of hydrazone groups is 1. The van der Waals surface area contributed by atoms with E-state index in [1.165, 1.54) is 0 Å². The van der Waals surface area contributed by atoms with Crippen molar-refractivity contribution in [1.29, 1.82) is 0 Å². The van der Waals surface area contributed by atoms with Gasteiger partial charge in [0.05, 0.1) is 19.3 Å². The first-order chi connectivity index (χ1) is 9.21. The van der Waals surface area contributed by atoms with Gasteiger partial charge in [-0.25, -0.2) is 0 Å². The highest BCUT2D eigenvalue weighted by molar-refractivity contribution is 7.55. The molecule has 0 amide bonds. The third kappa shape index (κ3) is 3.06. The van der Waals surface area contributed by atoms with E-state index in [0.717, 1.165) is 5.56 Å². The maximum atomic E-state index is 12.8. The second kappa shape index (κ2) is 6.33. The largest absolute Gasteiger partial charge is 0.341 e. The molecule has 1 aliphatic heterocycles. The lowest BCUT2D eigenvalue weighted by Gasteiger charge is -2.26. The summed E-state index contributed by atoms with van der Waals surface area (Å²) in [5, 5.41) is 4.05. The van der Waals surface area contributed by atoms with Crippen LogP contribution in [0, 0.1) is 0 Å². The zero-order valence-corrected chi connectivity index (χ0v) is 12.0. The Labute approximate surface area is 113 Å². The molecule has 2 unspecified atom stereocenters. The molecule has 1 aliphatic rings. The van der Waals surface area contributed by atoms with Crippen LogP contribution in [0.25, 0.3) is 0 Å². The van der Waals surface area contributed by atoms with E-state index in [4.69, 9.17) is 9.05 Å². The van der Waals surface area contributed by atoms with Crippen molar-refractivity contribution in [3.8, 4) is 0 Å². The van der Waals surface area contributed by atoms with E-state index in [9.17, 15) is 4.57 Å². The van der Waals surface area contributed by atoms with Gasteiger partial charge in [0.2, 0.25) is 0 Å². The molecule has 1 aromatic carbocycles. The number of rotatable bonds is 6. The second-order valence-electron chi connectivity index (χ2n) is 4.16. The SMILES string of the molecule is CCOP(=O)(OCC)C1C=NNC1c1ccccc1. The van der Waals surface area contributed by atoms with Gasteiger partial charge in [-0.3, -0.25) is 4.57 Å². The summed E-state index contributed by atoms with van der Waals surface area (Å²) in [6.07, 6.45) is 1.63. The predicted molar refractivity (Wildman–Crippen MR) is 75.5 cm³/mol. The van der Waals surface area contributed by atoms with E-state index in [2.05, 4.69) is 10.5 Å². The Morgan fingerprint density at radius 3 is 2.42 bits per heavy atom. The first kappa shape index (κ1) is 14.3. The van der Waals surface area contributed by atoms with Crippen LogP contribution < -0.4 is 5.43 Å². The number of nitrogens with one attached hydrogen (secondary N) is 1. The zero-order valence-electron chi connectivity index (χ0n) is 11.2. The van der Waals surface area contributed by atoms with Crippen molar-refractivity contribution in [2.45, 2.75) is 25.5 Å². The minimum atomic E-state index is -3.20. The highest BCUT2D eigenvalue weighted by Gasteiger charge is 2.43. The number of nitrogens with zero attached hydrogens (tertiary/aromatic N) is 1. The van der Waals surface area contributed by atoms with E-state index in [1.807, 2.05) is 44.2 Å². The molecule has 19 heavy (non-hydrogen) atoms. The molecule has 0 saturated heterocycles. The van der Waals surface area contributed by atoms with Crippen molar-refractivity contribution in [3.05, 3.63) is 35.9 Å². The van der Waals surface area contributed by atoms with E-state index < -0.39 is 13.3 Å². The lowest BCUT2D eigenvalue weighted by molar-refractivity contribution is 0.214. The van der Waals surface area contributed by atoms with Gasteiger partial charge in [0.15, 0.2) is 0 Å². The lowest BCUT2D eigenvalue weighted by Crippen LogP contribution is -2.25. The third-order valence-corrected chi connectivity index (χ3v) is 5.32. The smallest absolute Gasteiger partial charge is 0.308 e. The molecule has 6 heteroatoms. The van der Waals surface area contributed by atoms with Crippen molar-refractivity contribution in [3.63, 3.8) is 0 Å². The maximum absolute atomic E-state index is 12.8. The van der Waals surface area contributed by atoms with Gasteiger partial charge in [0.1, 0.15) is 5.66 Å². The lowest BCUT2D eigenvalue weighted by atomic mass is 10.1. The van der Waals surface area contributed by atoms with Gasteiger partial charge in [-0.05, 0) is 19.4 Å². The topological polar surface area (TPSA) is 59.9 Å². The summed E-state index contributed by atoms with van der Waals surface area (Å²) in [5.74, 6) is 0. The number of hydrogen-bond acceptors (Lipinski definition) is 5. The molecule has 0 radical (unpaired) electrons. The summed E-state index contributed by atoms with van der Waals surface area (Å²) >= 11 is 0. The Kier molecular flexibility index (Phi) is 4.75. The molecule has 2 rings (SSSR count). The molecule has 0 fully saturated rings. The summed E-state index contributed by atoms with van der Waals surface area (Å²) in [6.45, 7) is 4.32. The summed E-state index contributed by atoms with van der Waals surface area (Å²) < 4.78 is 23.6. The number of hydrogen-bond donors (Lipinski definition) is 1. The maximum Gasteiger partial charge on any atom is 0.341 e. The Morgan fingerprint density at radius 2 is 1.84 bits per heavy atom. The minimum absolute atomic E-state index is 0.176. The zero-order chi connectivity index (χ0) is 13.7. The molecule has 2 atom stereocenters. The normalized spacial score (nSPS) is 22.4. The molecule has 1 aromatic rings. The second-order valence-corrected chi connectivity index (χ2v) is 6.35. The highest BCUT2D eigenvalue weighted by Crippen LogP contribution is 2.56. The van der Waals surface area contributed by atoms with Gasteiger partial charge < -0.3 is 14.5 Å². The number of benzene rings is 1. The summed E-state index contributed by atoms with van der Waals surface area (Å²) in [7, 11) is -3.20. The molecule has 5 nitrogen and oxygen atoms in total. The van der Waals surface area contributed by atoms with Crippen molar-refractivity contribution >= 4 is 13.8 Å². The predicted octanol–water partition coefficient (Wildman–Crippen LogP) is 2.95. The van der Waals surface area contributed by atoms with Crippen LogP contribution in [0.4, 0.5) is 0 Å². The molecule has 104 valence electrons. The first-order valence-electron chi connectivity index (χ1n) is 6.43. The van der Waals surface area contributed by atoms with E-state index >= 15 is 0 Å². The van der Waals surface area contributed by atoms with Crippen LogP contribution in [0.5, 0.6) is 0 Å². The molecular weight excluding hydrogens is 263 g/mol. The van der Waals surface area contributed by atoms with Crippen LogP contribution in [0.1, 0.15) is 25.5 Å². The molecule has 0 aromatic heterocycles. The quantitative estimate of drug-likeness (QED) is 0.815. The standard InChI is InChI=1S/C13H19N2O3P/c1-3-17-19(16,18-4-2)12-10-14-15-13(12)11-8-6-5-7-9-11/h5-10,12-13,15H,3-4H2,1-2H3. The first-order valence-corrected chi connectivity index (χ1v) is 8.05. The van der Waals surface area contributed by atoms with Crippen LogP contribution in [0.3, 0.4) is 0 Å². The van der Waals surface area contributed by atoms with Gasteiger partial charge in [-0.2, -0.15) is 5.10 Å². The molecule has 0 bridgehead atoms. The average molecular weight is 282 g/mol. The fraction of sp³-hybridized carbons (Fsp3) is 0.462. The van der Waals surface area contributed by atoms with Crippen molar-refractivity contribution < 1.29 is 13.6 Å². The van der Waals surface area contributed by atoms with Crippen LogP contribution in [-0.2, 0) is 13.6 Å². The van der Waals surface area contributed by atoms with E-state index in [0.29, 0.717) is 13.2 Å². The Balaban J connectivity index is 2.26. The molecule has 1 N–H and O–H groups in total. The third-order valence-electron chi connectivity index (χ3n) is 2.92. The van der Waals surface area contributed by atoms with Gasteiger partial charge in [0.25, 0.3) is 0 Å². The van der Waals surface area contributed by atoms with Crippen molar-refractivity contribution in [2.75, 3.05) is 13.2 Å². The molecule has 0 saturated carbocycles. The van der Waals surface area contributed by atoms with Gasteiger partial charge in [-0.15, -0.1) is 0 Å². The summed E-state index contributed by atoms with van der Waals surface area (Å²) in [5.41, 5.74) is 3.61. The Bertz CT molecular complexity index is 468. The average Bonchev–Trinajstić information content (AvgIpc) is 2.90. The van der Waals surface area contributed by atoms with E-state index in [1.54, 1.807) is 6.21 Å². The highest BCUT2D eigenvalue weighted by atomic mass is 31.2. The molecule has 1 heterocycles. The van der Waals surface area contributed by atoms with Crippen LogP contribution >= 0.6 is 7.60 Å². The van der Waals surface area contributed by atoms with Crippen molar-refractivity contribution in [2.24, 2.45) is 5.10 Å². The minimum Gasteiger partial charge on any atom is -0.308 e. The Morgan fingerprint density at radius 1 is 1.21 bits per heavy atom.